The van der Waals surface area contributed by atoms with Crippen molar-refractivity contribution in [3.63, 3.8) is 0 Å². The van der Waals surface area contributed by atoms with Crippen molar-refractivity contribution < 1.29 is 0 Å². The van der Waals surface area contributed by atoms with Crippen molar-refractivity contribution in [3.8, 4) is 0 Å². The Hall–Kier alpha value is -3.38. The van der Waals surface area contributed by atoms with Gasteiger partial charge in [0.05, 0.1) is 0 Å². The van der Waals surface area contributed by atoms with Crippen molar-refractivity contribution in [2.75, 3.05) is 0 Å². The van der Waals surface area contributed by atoms with Crippen LogP contribution in [0.5, 0.6) is 0 Å². The van der Waals surface area contributed by atoms with Gasteiger partial charge in [-0.15, -0.1) is 0 Å². The van der Waals surface area contributed by atoms with E-state index in [-0.39, 0.29) is 0 Å². The van der Waals surface area contributed by atoms with Crippen LogP contribution in [0.25, 0.3) is 44.5 Å². The van der Waals surface area contributed by atoms with E-state index in [1.165, 1.54) is 120 Å². The maximum Gasteiger partial charge on any atom is -0.0171 e. The molecule has 0 radical (unpaired) electrons. The molecule has 5 rings (SSSR count). The first-order valence-corrected chi connectivity index (χ1v) is 14.9. The summed E-state index contributed by atoms with van der Waals surface area (Å²) in [6, 6.07) is 33.8. The molecule has 0 fully saturated rings. The summed E-state index contributed by atoms with van der Waals surface area (Å²) in [5, 5.41) is 7.79. The third kappa shape index (κ3) is 7.13. The maximum absolute atomic E-state index is 2.33. The molecule has 5 aromatic rings. The van der Waals surface area contributed by atoms with Crippen molar-refractivity contribution in [1.82, 2.24) is 0 Å². The summed E-state index contributed by atoms with van der Waals surface area (Å²) < 4.78 is 0. The first kappa shape index (κ1) is 26.2. The Balaban J connectivity index is 1.13. The van der Waals surface area contributed by atoms with Crippen LogP contribution < -0.4 is 0 Å². The predicted octanol–water partition coefficient (Wildman–Crippen LogP) is 11.8. The highest BCUT2D eigenvalue weighted by atomic mass is 14.1. The van der Waals surface area contributed by atoms with Gasteiger partial charge in [-0.3, -0.25) is 0 Å². The van der Waals surface area contributed by atoms with Crippen LogP contribution in [0.15, 0.2) is 91.0 Å². The number of unbranched alkanes of at least 4 members (excludes halogenated alkanes) is 9. The van der Waals surface area contributed by atoms with Gasteiger partial charge in [0.2, 0.25) is 0 Å². The van der Waals surface area contributed by atoms with Gasteiger partial charge in [-0.2, -0.15) is 0 Å². The fraction of sp³-hybridized carbons (Fsp3) is 0.316. The zero-order valence-electron chi connectivity index (χ0n) is 23.1. The Morgan fingerprint density at radius 2 is 0.895 bits per heavy atom. The van der Waals surface area contributed by atoms with Crippen molar-refractivity contribution >= 4 is 44.5 Å². The number of hydrogen-bond donors (Lipinski definition) is 0. The number of rotatable bonds is 13. The normalized spacial score (nSPS) is 11.8. The fourth-order valence-corrected chi connectivity index (χ4v) is 5.62. The summed E-state index contributed by atoms with van der Waals surface area (Å²) >= 11 is 0. The highest BCUT2D eigenvalue weighted by Crippen LogP contribution is 2.28. The molecule has 0 bridgehead atoms. The molecule has 0 atom stereocenters. The zero-order valence-corrected chi connectivity index (χ0v) is 23.1. The van der Waals surface area contributed by atoms with Crippen LogP contribution in [0.1, 0.15) is 87.8 Å². The number of hydrogen-bond acceptors (Lipinski definition) is 0. The quantitative estimate of drug-likeness (QED) is 0.0860. The molecule has 0 N–H and O–H groups in total. The van der Waals surface area contributed by atoms with Gasteiger partial charge in [0.15, 0.2) is 0 Å². The zero-order chi connectivity index (χ0) is 26.0. The van der Waals surface area contributed by atoms with Crippen LogP contribution in [0, 0.1) is 0 Å². The molecule has 0 aliphatic carbocycles. The van der Waals surface area contributed by atoms with Gasteiger partial charge in [-0.1, -0.05) is 138 Å². The molecule has 0 aliphatic rings. The van der Waals surface area contributed by atoms with Crippen LogP contribution in [-0.2, 0) is 6.42 Å². The monoisotopic (exact) mass is 498 g/mol. The fourth-order valence-electron chi connectivity index (χ4n) is 5.62. The first-order valence-electron chi connectivity index (χ1n) is 14.9. The lowest BCUT2D eigenvalue weighted by Crippen LogP contribution is -1.87. The smallest absolute Gasteiger partial charge is 0.0171 e. The molecule has 0 saturated heterocycles. The van der Waals surface area contributed by atoms with Crippen LogP contribution >= 0.6 is 0 Å². The van der Waals surface area contributed by atoms with Crippen LogP contribution in [0.2, 0.25) is 0 Å². The van der Waals surface area contributed by atoms with E-state index < -0.39 is 0 Å². The number of aryl methyl sites for hydroxylation is 1. The molecular formula is C38H42. The second kappa shape index (κ2) is 13.4. The van der Waals surface area contributed by atoms with Gasteiger partial charge in [-0.05, 0) is 92.2 Å². The standard InChI is InChI=1S/C38H42/c1-2-3-4-5-6-7-8-9-10-11-14-30-17-19-31(20-18-30)21-22-32-23-24-35-28-37-26-33-15-12-13-16-34(33)27-38(37)29-36(35)25-32/h12-13,15-29H,2-11,14H2,1H3/b22-21+. The van der Waals surface area contributed by atoms with E-state index in [0.29, 0.717) is 0 Å². The topological polar surface area (TPSA) is 0 Å². The second-order valence-electron chi connectivity index (χ2n) is 11.0. The molecule has 0 heterocycles. The Morgan fingerprint density at radius 1 is 0.421 bits per heavy atom. The lowest BCUT2D eigenvalue weighted by Gasteiger charge is -2.06. The molecule has 0 aliphatic heterocycles. The molecule has 0 aromatic heterocycles. The third-order valence-electron chi connectivity index (χ3n) is 7.95. The molecular weight excluding hydrogens is 456 g/mol. The molecule has 0 heteroatoms. The predicted molar refractivity (Wildman–Crippen MR) is 170 cm³/mol. The van der Waals surface area contributed by atoms with Crippen molar-refractivity contribution in [2.45, 2.75) is 77.6 Å². The van der Waals surface area contributed by atoms with E-state index in [0.717, 1.165) is 0 Å². The Morgan fingerprint density at radius 3 is 1.53 bits per heavy atom. The first-order chi connectivity index (χ1) is 18.8. The highest BCUT2D eigenvalue weighted by molar-refractivity contribution is 6.05. The number of fused-ring (bicyclic) bond motifs is 3. The molecule has 0 spiro atoms. The molecule has 0 amide bonds. The summed E-state index contributed by atoms with van der Waals surface area (Å²) in [5.41, 5.74) is 3.97. The van der Waals surface area contributed by atoms with Crippen molar-refractivity contribution in [1.29, 1.82) is 0 Å². The second-order valence-corrected chi connectivity index (χ2v) is 11.0. The molecule has 38 heavy (non-hydrogen) atoms. The van der Waals surface area contributed by atoms with E-state index in [1.54, 1.807) is 0 Å². The largest absolute Gasteiger partial charge is 0.0654 e. The molecule has 194 valence electrons. The maximum atomic E-state index is 2.33. The van der Waals surface area contributed by atoms with E-state index in [2.05, 4.69) is 110 Å². The molecule has 0 unspecified atom stereocenters. The molecule has 0 nitrogen and oxygen atoms in total. The summed E-state index contributed by atoms with van der Waals surface area (Å²) in [6.45, 7) is 2.29. The van der Waals surface area contributed by atoms with Crippen LogP contribution in [0.4, 0.5) is 0 Å². The summed E-state index contributed by atoms with van der Waals surface area (Å²) in [4.78, 5) is 0. The van der Waals surface area contributed by atoms with E-state index in [4.69, 9.17) is 0 Å². The Kier molecular flexibility index (Phi) is 9.27. The van der Waals surface area contributed by atoms with Crippen molar-refractivity contribution in [3.05, 3.63) is 108 Å². The minimum atomic E-state index is 1.20. The lowest BCUT2D eigenvalue weighted by atomic mass is 9.98. The average Bonchev–Trinajstić information content (AvgIpc) is 2.95. The van der Waals surface area contributed by atoms with Gasteiger partial charge in [0, 0.05) is 0 Å². The minimum absolute atomic E-state index is 1.20. The summed E-state index contributed by atoms with van der Waals surface area (Å²) in [6.07, 6.45) is 19.6. The Labute approximate surface area is 229 Å². The van der Waals surface area contributed by atoms with Gasteiger partial charge in [0.25, 0.3) is 0 Å². The highest BCUT2D eigenvalue weighted by Gasteiger charge is 2.02. The third-order valence-corrected chi connectivity index (χ3v) is 7.95. The summed E-state index contributed by atoms with van der Waals surface area (Å²) in [7, 11) is 0. The molecule has 0 saturated carbocycles. The lowest BCUT2D eigenvalue weighted by molar-refractivity contribution is 0.556. The van der Waals surface area contributed by atoms with Gasteiger partial charge in [-0.25, -0.2) is 0 Å². The SMILES string of the molecule is CCCCCCCCCCCCc1ccc(/C=C/c2ccc3cc4cc5ccccc5cc4cc3c2)cc1. The molecule has 5 aromatic carbocycles. The van der Waals surface area contributed by atoms with E-state index in [9.17, 15) is 0 Å². The van der Waals surface area contributed by atoms with Crippen molar-refractivity contribution in [2.24, 2.45) is 0 Å². The summed E-state index contributed by atoms with van der Waals surface area (Å²) in [5.74, 6) is 0. The van der Waals surface area contributed by atoms with E-state index >= 15 is 0 Å². The Bertz CT molecular complexity index is 1490. The van der Waals surface area contributed by atoms with Gasteiger partial charge in [0.1, 0.15) is 0 Å². The van der Waals surface area contributed by atoms with Crippen LogP contribution in [0.3, 0.4) is 0 Å². The average molecular weight is 499 g/mol. The number of benzene rings is 5. The minimum Gasteiger partial charge on any atom is -0.0654 e. The van der Waals surface area contributed by atoms with Crippen LogP contribution in [-0.4, -0.2) is 0 Å². The van der Waals surface area contributed by atoms with E-state index in [1.807, 2.05) is 0 Å². The van der Waals surface area contributed by atoms with Gasteiger partial charge < -0.3 is 0 Å². The van der Waals surface area contributed by atoms with Gasteiger partial charge >= 0.3 is 0 Å².